The third-order valence-electron chi connectivity index (χ3n) is 2.91. The van der Waals surface area contributed by atoms with Gasteiger partial charge in [0, 0.05) is 20.2 Å². The zero-order valence-electron chi connectivity index (χ0n) is 10.1. The van der Waals surface area contributed by atoms with Gasteiger partial charge in [-0.15, -0.1) is 0 Å². The number of piperidine rings is 1. The van der Waals surface area contributed by atoms with Gasteiger partial charge in [0.15, 0.2) is 0 Å². The van der Waals surface area contributed by atoms with Crippen molar-refractivity contribution in [1.29, 1.82) is 0 Å². The van der Waals surface area contributed by atoms with Crippen molar-refractivity contribution in [2.45, 2.75) is 25.4 Å². The number of rotatable bonds is 6. The van der Waals surface area contributed by atoms with Gasteiger partial charge >= 0.3 is 5.97 Å². The minimum Gasteiger partial charge on any atom is -0.481 e. The predicted octanol–water partition coefficient (Wildman–Crippen LogP) is -0.408. The van der Waals surface area contributed by atoms with Gasteiger partial charge in [0.25, 0.3) is 0 Å². The van der Waals surface area contributed by atoms with Crippen LogP contribution in [-0.2, 0) is 14.3 Å². The summed E-state index contributed by atoms with van der Waals surface area (Å²) in [5.41, 5.74) is 0. The fourth-order valence-electron chi connectivity index (χ4n) is 1.87. The second kappa shape index (κ2) is 7.24. The van der Waals surface area contributed by atoms with E-state index < -0.39 is 12.1 Å². The van der Waals surface area contributed by atoms with E-state index in [-0.39, 0.29) is 24.8 Å². The van der Waals surface area contributed by atoms with Crippen molar-refractivity contribution in [2.75, 3.05) is 26.7 Å². The molecule has 0 bridgehead atoms. The molecule has 98 valence electrons. The number of carboxylic acids is 1. The van der Waals surface area contributed by atoms with Gasteiger partial charge in [-0.05, 0) is 19.4 Å². The molecule has 0 saturated carbocycles. The van der Waals surface area contributed by atoms with Gasteiger partial charge in [0.2, 0.25) is 5.91 Å². The number of aliphatic carboxylic acids is 1. The van der Waals surface area contributed by atoms with Crippen molar-refractivity contribution >= 4 is 11.9 Å². The third-order valence-corrected chi connectivity index (χ3v) is 2.91. The highest BCUT2D eigenvalue weighted by atomic mass is 16.5. The molecular weight excluding hydrogens is 224 g/mol. The molecule has 1 amide bonds. The molecule has 3 N–H and O–H groups in total. The Balaban J connectivity index is 2.27. The van der Waals surface area contributed by atoms with Crippen molar-refractivity contribution in [3.05, 3.63) is 0 Å². The second-order valence-corrected chi connectivity index (χ2v) is 4.24. The van der Waals surface area contributed by atoms with E-state index in [0.717, 1.165) is 19.4 Å². The van der Waals surface area contributed by atoms with Gasteiger partial charge in [-0.25, -0.2) is 0 Å². The molecule has 0 aliphatic carbocycles. The molecule has 6 heteroatoms. The van der Waals surface area contributed by atoms with Gasteiger partial charge < -0.3 is 20.5 Å². The molecule has 0 spiro atoms. The van der Waals surface area contributed by atoms with Crippen LogP contribution in [0.1, 0.15) is 19.3 Å². The van der Waals surface area contributed by atoms with Crippen molar-refractivity contribution in [3.63, 3.8) is 0 Å². The lowest BCUT2D eigenvalue weighted by atomic mass is 9.99. The molecule has 6 nitrogen and oxygen atoms in total. The van der Waals surface area contributed by atoms with E-state index in [9.17, 15) is 9.59 Å². The van der Waals surface area contributed by atoms with Crippen molar-refractivity contribution in [3.8, 4) is 0 Å². The average molecular weight is 244 g/mol. The summed E-state index contributed by atoms with van der Waals surface area (Å²) in [5.74, 6) is -0.957. The summed E-state index contributed by atoms with van der Waals surface area (Å²) in [6.07, 6.45) is 1.32. The fourth-order valence-corrected chi connectivity index (χ4v) is 1.87. The van der Waals surface area contributed by atoms with E-state index in [1.54, 1.807) is 0 Å². The Hall–Kier alpha value is -1.14. The fraction of sp³-hybridized carbons (Fsp3) is 0.818. The highest BCUT2D eigenvalue weighted by Gasteiger charge is 2.22. The molecular formula is C11H20N2O4. The lowest BCUT2D eigenvalue weighted by Gasteiger charge is -2.23. The van der Waals surface area contributed by atoms with Crippen molar-refractivity contribution in [2.24, 2.45) is 5.92 Å². The molecule has 1 aliphatic rings. The Morgan fingerprint density at radius 1 is 1.59 bits per heavy atom. The van der Waals surface area contributed by atoms with Crippen molar-refractivity contribution < 1.29 is 19.4 Å². The first-order valence-electron chi connectivity index (χ1n) is 5.86. The Labute approximate surface area is 101 Å². The molecule has 0 aromatic heterocycles. The van der Waals surface area contributed by atoms with E-state index in [0.29, 0.717) is 6.54 Å². The standard InChI is InChI=1S/C11H20N2O4/c1-17-9(5-10(14)15)7-13-11(16)8-3-2-4-12-6-8/h8-9,12H,2-7H2,1H3,(H,13,16)(H,14,15). The van der Waals surface area contributed by atoms with Crippen LogP contribution in [0.2, 0.25) is 0 Å². The first-order chi connectivity index (χ1) is 8.13. The van der Waals surface area contributed by atoms with E-state index in [4.69, 9.17) is 9.84 Å². The molecule has 2 unspecified atom stereocenters. The Bertz CT molecular complexity index is 264. The van der Waals surface area contributed by atoms with Crippen LogP contribution < -0.4 is 10.6 Å². The van der Waals surface area contributed by atoms with Gasteiger partial charge in [0.05, 0.1) is 18.4 Å². The van der Waals surface area contributed by atoms with Crippen LogP contribution in [0, 0.1) is 5.92 Å². The number of hydrogen-bond donors (Lipinski definition) is 3. The number of carboxylic acid groups (broad SMARTS) is 1. The SMILES string of the molecule is COC(CNC(=O)C1CCCNC1)CC(=O)O. The normalized spacial score (nSPS) is 21.8. The molecule has 1 aliphatic heterocycles. The van der Waals surface area contributed by atoms with E-state index in [1.807, 2.05) is 0 Å². The lowest BCUT2D eigenvalue weighted by molar-refractivity contribution is -0.140. The van der Waals surface area contributed by atoms with Gasteiger partial charge in [-0.3, -0.25) is 9.59 Å². The first kappa shape index (κ1) is 13.9. The number of carbonyl (C=O) groups is 2. The summed E-state index contributed by atoms with van der Waals surface area (Å²) >= 11 is 0. The summed E-state index contributed by atoms with van der Waals surface area (Å²) in [5, 5.41) is 14.5. The summed E-state index contributed by atoms with van der Waals surface area (Å²) < 4.78 is 4.99. The van der Waals surface area contributed by atoms with Crippen LogP contribution in [0.25, 0.3) is 0 Å². The van der Waals surface area contributed by atoms with E-state index in [2.05, 4.69) is 10.6 Å². The predicted molar refractivity (Wildman–Crippen MR) is 61.7 cm³/mol. The van der Waals surface area contributed by atoms with Crippen LogP contribution in [0.4, 0.5) is 0 Å². The summed E-state index contributed by atoms with van der Waals surface area (Å²) in [6.45, 7) is 1.91. The maximum atomic E-state index is 11.8. The molecule has 1 heterocycles. The molecule has 1 rings (SSSR count). The smallest absolute Gasteiger partial charge is 0.306 e. The van der Waals surface area contributed by atoms with Gasteiger partial charge in [-0.2, -0.15) is 0 Å². The number of hydrogen-bond acceptors (Lipinski definition) is 4. The number of carbonyl (C=O) groups excluding carboxylic acids is 1. The number of nitrogens with one attached hydrogen (secondary N) is 2. The van der Waals surface area contributed by atoms with E-state index >= 15 is 0 Å². The van der Waals surface area contributed by atoms with Crippen LogP contribution in [0.15, 0.2) is 0 Å². The number of ether oxygens (including phenoxy) is 1. The zero-order chi connectivity index (χ0) is 12.7. The summed E-state index contributed by atoms with van der Waals surface area (Å²) in [7, 11) is 1.45. The Morgan fingerprint density at radius 3 is 2.88 bits per heavy atom. The van der Waals surface area contributed by atoms with Crippen LogP contribution in [0.5, 0.6) is 0 Å². The summed E-state index contributed by atoms with van der Waals surface area (Å²) in [4.78, 5) is 22.3. The molecule has 0 aromatic carbocycles. The van der Waals surface area contributed by atoms with Gasteiger partial charge in [0.1, 0.15) is 0 Å². The molecule has 0 radical (unpaired) electrons. The zero-order valence-corrected chi connectivity index (χ0v) is 10.1. The topological polar surface area (TPSA) is 87.7 Å². The number of methoxy groups -OCH3 is 1. The minimum absolute atomic E-state index is 0.00826. The largest absolute Gasteiger partial charge is 0.481 e. The quantitative estimate of drug-likeness (QED) is 0.591. The lowest BCUT2D eigenvalue weighted by Crippen LogP contribution is -2.43. The molecule has 1 saturated heterocycles. The monoisotopic (exact) mass is 244 g/mol. The van der Waals surface area contributed by atoms with Crippen LogP contribution >= 0.6 is 0 Å². The average Bonchev–Trinajstić information content (AvgIpc) is 2.34. The van der Waals surface area contributed by atoms with Crippen LogP contribution in [-0.4, -0.2) is 49.8 Å². The highest BCUT2D eigenvalue weighted by Crippen LogP contribution is 2.09. The highest BCUT2D eigenvalue weighted by molar-refractivity contribution is 5.79. The Kier molecular flexibility index (Phi) is 5.93. The van der Waals surface area contributed by atoms with Gasteiger partial charge in [-0.1, -0.05) is 0 Å². The van der Waals surface area contributed by atoms with E-state index in [1.165, 1.54) is 7.11 Å². The molecule has 17 heavy (non-hydrogen) atoms. The molecule has 0 aromatic rings. The second-order valence-electron chi connectivity index (χ2n) is 4.24. The summed E-state index contributed by atoms with van der Waals surface area (Å²) in [6, 6.07) is 0. The first-order valence-corrected chi connectivity index (χ1v) is 5.86. The molecule has 1 fully saturated rings. The van der Waals surface area contributed by atoms with Crippen molar-refractivity contribution in [1.82, 2.24) is 10.6 Å². The van der Waals surface area contributed by atoms with Crippen LogP contribution in [0.3, 0.4) is 0 Å². The Morgan fingerprint density at radius 2 is 2.35 bits per heavy atom. The minimum atomic E-state index is -0.926. The maximum Gasteiger partial charge on any atom is 0.306 e. The molecule has 2 atom stereocenters. The maximum absolute atomic E-state index is 11.8. The third kappa shape index (κ3) is 5.14. The number of amides is 1.